The van der Waals surface area contributed by atoms with E-state index in [9.17, 15) is 0 Å². The lowest BCUT2D eigenvalue weighted by Gasteiger charge is -2.28. The second kappa shape index (κ2) is 13.1. The Balaban J connectivity index is 0.00000101. The lowest BCUT2D eigenvalue weighted by Crippen LogP contribution is -2.46. The Labute approximate surface area is 185 Å². The molecule has 1 fully saturated rings. The number of hydrogen-bond donors (Lipinski definition) is 2. The van der Waals surface area contributed by atoms with Crippen LogP contribution in [0.2, 0.25) is 0 Å². The SMILES string of the molecule is CCC.CCCN=C(/N=C(\C)N1CCNCC1)Nc1nc(-c2ccsc2)ccc1C. The minimum absolute atomic E-state index is 0.631. The van der Waals surface area contributed by atoms with Crippen LogP contribution in [0.25, 0.3) is 11.3 Å². The van der Waals surface area contributed by atoms with Crippen molar-refractivity contribution in [3.8, 4) is 11.3 Å². The predicted octanol–water partition coefficient (Wildman–Crippen LogP) is 5.04. The van der Waals surface area contributed by atoms with Crippen molar-refractivity contribution >= 4 is 28.9 Å². The van der Waals surface area contributed by atoms with Crippen LogP contribution >= 0.6 is 11.3 Å². The van der Waals surface area contributed by atoms with E-state index >= 15 is 0 Å². The summed E-state index contributed by atoms with van der Waals surface area (Å²) < 4.78 is 0. The molecule has 30 heavy (non-hydrogen) atoms. The zero-order chi connectivity index (χ0) is 21.8. The maximum absolute atomic E-state index is 4.80. The molecule has 0 aromatic carbocycles. The smallest absolute Gasteiger partial charge is 0.225 e. The highest BCUT2D eigenvalue weighted by molar-refractivity contribution is 7.08. The number of nitrogens with zero attached hydrogens (tertiary/aromatic N) is 4. The quantitative estimate of drug-likeness (QED) is 0.529. The fourth-order valence-electron chi connectivity index (χ4n) is 2.87. The standard InChI is InChI=1S/C20H28N6S.C3H8/c1-4-8-22-20(23-16(3)26-11-9-21-10-12-26)25-19-15(2)5-6-18(24-19)17-7-13-27-14-17;1-3-2/h5-7,13-14,21H,4,8-12H2,1-3H3,(H,22,24,25);3H2,1-2H3/b23-16+;. The van der Waals surface area contributed by atoms with Gasteiger partial charge in [-0.25, -0.2) is 9.98 Å². The largest absolute Gasteiger partial charge is 0.358 e. The van der Waals surface area contributed by atoms with Crippen LogP contribution in [-0.4, -0.2) is 54.4 Å². The lowest BCUT2D eigenvalue weighted by molar-refractivity contribution is 0.356. The molecule has 0 saturated carbocycles. The summed E-state index contributed by atoms with van der Waals surface area (Å²) in [5, 5.41) is 10.9. The van der Waals surface area contributed by atoms with E-state index in [-0.39, 0.29) is 0 Å². The number of anilines is 1. The topological polar surface area (TPSA) is 64.9 Å². The fraction of sp³-hybridized carbons (Fsp3) is 0.522. The third kappa shape index (κ3) is 7.54. The fourth-order valence-corrected chi connectivity index (χ4v) is 3.51. The molecular weight excluding hydrogens is 392 g/mol. The van der Waals surface area contributed by atoms with Gasteiger partial charge in [0.2, 0.25) is 5.96 Å². The van der Waals surface area contributed by atoms with Crippen molar-refractivity contribution in [1.29, 1.82) is 0 Å². The molecule has 3 heterocycles. The van der Waals surface area contributed by atoms with Crippen molar-refractivity contribution < 1.29 is 0 Å². The Kier molecular flexibility index (Phi) is 10.5. The minimum atomic E-state index is 0.631. The van der Waals surface area contributed by atoms with Gasteiger partial charge in [-0.2, -0.15) is 11.3 Å². The number of aryl methyl sites for hydroxylation is 1. The van der Waals surface area contributed by atoms with Gasteiger partial charge in [0.05, 0.1) is 5.69 Å². The molecule has 0 amide bonds. The molecule has 0 unspecified atom stereocenters. The van der Waals surface area contributed by atoms with Crippen LogP contribution in [0.15, 0.2) is 38.9 Å². The number of nitrogens with one attached hydrogen (secondary N) is 2. The number of hydrogen-bond acceptors (Lipinski definition) is 4. The number of piperazine rings is 1. The molecule has 2 N–H and O–H groups in total. The molecule has 1 aliphatic rings. The van der Waals surface area contributed by atoms with Gasteiger partial charge in [0.15, 0.2) is 0 Å². The molecule has 3 rings (SSSR count). The zero-order valence-electron chi connectivity index (χ0n) is 19.0. The van der Waals surface area contributed by atoms with E-state index in [1.165, 1.54) is 6.42 Å². The van der Waals surface area contributed by atoms with Gasteiger partial charge in [-0.15, -0.1) is 0 Å². The normalized spacial score (nSPS) is 14.9. The summed E-state index contributed by atoms with van der Waals surface area (Å²) in [6.45, 7) is 15.1. The first-order valence-electron chi connectivity index (χ1n) is 10.9. The molecule has 0 atom stereocenters. The Bertz CT molecular complexity index is 807. The first kappa shape index (κ1) is 24.0. The zero-order valence-corrected chi connectivity index (χ0v) is 19.9. The Morgan fingerprint density at radius 1 is 1.20 bits per heavy atom. The average Bonchev–Trinajstić information content (AvgIpc) is 3.29. The molecular formula is C23H36N6S. The highest BCUT2D eigenvalue weighted by Gasteiger charge is 2.13. The molecule has 0 radical (unpaired) electrons. The van der Waals surface area contributed by atoms with Crippen LogP contribution in [-0.2, 0) is 0 Å². The van der Waals surface area contributed by atoms with Gasteiger partial charge in [0.1, 0.15) is 11.7 Å². The van der Waals surface area contributed by atoms with Crippen molar-refractivity contribution in [3.05, 3.63) is 34.5 Å². The van der Waals surface area contributed by atoms with Crippen LogP contribution in [0.1, 0.15) is 46.1 Å². The number of guanidine groups is 1. The molecule has 1 aliphatic heterocycles. The van der Waals surface area contributed by atoms with Gasteiger partial charge in [-0.05, 0) is 43.3 Å². The molecule has 2 aromatic rings. The summed E-state index contributed by atoms with van der Waals surface area (Å²) >= 11 is 1.68. The van der Waals surface area contributed by atoms with Crippen molar-refractivity contribution in [2.75, 3.05) is 38.0 Å². The average molecular weight is 429 g/mol. The van der Waals surface area contributed by atoms with Gasteiger partial charge in [-0.1, -0.05) is 33.3 Å². The third-order valence-electron chi connectivity index (χ3n) is 4.47. The number of aliphatic imine (C=N–C) groups is 2. The van der Waals surface area contributed by atoms with Crippen molar-refractivity contribution in [1.82, 2.24) is 15.2 Å². The molecule has 164 valence electrons. The van der Waals surface area contributed by atoms with Crippen LogP contribution < -0.4 is 10.6 Å². The maximum atomic E-state index is 4.80. The van der Waals surface area contributed by atoms with Gasteiger partial charge >= 0.3 is 0 Å². The monoisotopic (exact) mass is 428 g/mol. The van der Waals surface area contributed by atoms with E-state index in [0.717, 1.165) is 67.6 Å². The number of amidine groups is 1. The Morgan fingerprint density at radius 3 is 2.57 bits per heavy atom. The first-order valence-corrected chi connectivity index (χ1v) is 11.9. The maximum Gasteiger partial charge on any atom is 0.225 e. The Morgan fingerprint density at radius 2 is 1.93 bits per heavy atom. The highest BCUT2D eigenvalue weighted by Crippen LogP contribution is 2.23. The summed E-state index contributed by atoms with van der Waals surface area (Å²) in [5.41, 5.74) is 3.17. The molecule has 7 heteroatoms. The van der Waals surface area contributed by atoms with E-state index in [1.807, 2.05) is 0 Å². The van der Waals surface area contributed by atoms with E-state index in [2.05, 4.69) is 84.1 Å². The van der Waals surface area contributed by atoms with Crippen LogP contribution in [0.3, 0.4) is 0 Å². The van der Waals surface area contributed by atoms with E-state index in [1.54, 1.807) is 11.3 Å². The third-order valence-corrected chi connectivity index (χ3v) is 5.15. The van der Waals surface area contributed by atoms with Gasteiger partial charge in [-0.3, -0.25) is 4.99 Å². The molecule has 1 saturated heterocycles. The van der Waals surface area contributed by atoms with Gasteiger partial charge < -0.3 is 15.5 Å². The van der Waals surface area contributed by atoms with Gasteiger partial charge in [0, 0.05) is 43.7 Å². The van der Waals surface area contributed by atoms with Crippen LogP contribution in [0, 0.1) is 6.92 Å². The van der Waals surface area contributed by atoms with E-state index in [4.69, 9.17) is 9.98 Å². The number of thiophene rings is 1. The lowest BCUT2D eigenvalue weighted by atomic mass is 10.2. The van der Waals surface area contributed by atoms with E-state index in [0.29, 0.717) is 5.96 Å². The minimum Gasteiger partial charge on any atom is -0.358 e. The van der Waals surface area contributed by atoms with E-state index < -0.39 is 0 Å². The van der Waals surface area contributed by atoms with Crippen molar-refractivity contribution in [2.45, 2.75) is 47.5 Å². The number of aromatic nitrogens is 1. The van der Waals surface area contributed by atoms with Gasteiger partial charge in [0.25, 0.3) is 0 Å². The summed E-state index contributed by atoms with van der Waals surface area (Å²) in [5.74, 6) is 2.43. The highest BCUT2D eigenvalue weighted by atomic mass is 32.1. The second-order valence-corrected chi connectivity index (χ2v) is 8.09. The van der Waals surface area contributed by atoms with Crippen molar-refractivity contribution in [2.24, 2.45) is 9.98 Å². The summed E-state index contributed by atoms with van der Waals surface area (Å²) in [6.07, 6.45) is 2.23. The van der Waals surface area contributed by atoms with Crippen LogP contribution in [0.5, 0.6) is 0 Å². The number of rotatable bonds is 4. The Hall–Kier alpha value is -2.25. The van der Waals surface area contributed by atoms with Crippen LogP contribution in [0.4, 0.5) is 5.82 Å². The summed E-state index contributed by atoms with van der Waals surface area (Å²) in [7, 11) is 0. The van der Waals surface area contributed by atoms with Crippen molar-refractivity contribution in [3.63, 3.8) is 0 Å². The summed E-state index contributed by atoms with van der Waals surface area (Å²) in [4.78, 5) is 16.5. The number of pyridine rings is 1. The summed E-state index contributed by atoms with van der Waals surface area (Å²) in [6, 6.07) is 6.23. The second-order valence-electron chi connectivity index (χ2n) is 7.31. The molecule has 0 spiro atoms. The molecule has 0 aliphatic carbocycles. The molecule has 6 nitrogen and oxygen atoms in total. The first-order chi connectivity index (χ1) is 14.6. The molecule has 2 aromatic heterocycles. The predicted molar refractivity (Wildman–Crippen MR) is 132 cm³/mol. The molecule has 0 bridgehead atoms.